The van der Waals surface area contributed by atoms with Crippen LogP contribution in [0.4, 0.5) is 0 Å². The lowest BCUT2D eigenvalue weighted by Crippen LogP contribution is -1.86. The Labute approximate surface area is 63.3 Å². The second-order valence-electron chi connectivity index (χ2n) is 2.13. The molecule has 1 rings (SSSR count). The van der Waals surface area contributed by atoms with Crippen molar-refractivity contribution in [3.05, 3.63) is 35.9 Å². The van der Waals surface area contributed by atoms with Gasteiger partial charge in [0.05, 0.1) is 0 Å². The van der Waals surface area contributed by atoms with E-state index in [-0.39, 0.29) is 12.8 Å². The molecule has 0 heterocycles. The molecule has 0 aliphatic carbocycles. The topological polar surface area (TPSA) is 0 Å². The zero-order chi connectivity index (χ0) is 8.10. The van der Waals surface area contributed by atoms with Crippen molar-refractivity contribution in [3.63, 3.8) is 0 Å². The van der Waals surface area contributed by atoms with E-state index in [0.29, 0.717) is 0 Å². The van der Waals surface area contributed by atoms with E-state index < -0.39 is 0 Å². The maximum atomic E-state index is 7.15. The van der Waals surface area contributed by atoms with Crippen LogP contribution in [0, 0.1) is 12.3 Å². The molecule has 1 atom stereocenters. The fourth-order valence-electron chi connectivity index (χ4n) is 0.782. The second-order valence-corrected chi connectivity index (χ2v) is 2.13. The lowest BCUT2D eigenvalue weighted by molar-refractivity contribution is 1.01. The first-order chi connectivity index (χ1) is 5.38. The molecular formula is C10H10. The van der Waals surface area contributed by atoms with Crippen LogP contribution in [0.1, 0.15) is 19.8 Å². The highest BCUT2D eigenvalue weighted by Gasteiger charge is 1.96. The Bertz CT molecular complexity index is 245. The molecule has 0 fully saturated rings. The molecule has 10 heavy (non-hydrogen) atoms. The van der Waals surface area contributed by atoms with Crippen molar-refractivity contribution >= 4 is 0 Å². The molecule has 0 aliphatic rings. The summed E-state index contributed by atoms with van der Waals surface area (Å²) in [6.45, 7) is 0.264. The quantitative estimate of drug-likeness (QED) is 0.513. The van der Waals surface area contributed by atoms with Crippen LogP contribution in [-0.2, 0) is 0 Å². The Hall–Kier alpha value is -1.22. The van der Waals surface area contributed by atoms with Gasteiger partial charge >= 0.3 is 0 Å². The van der Waals surface area contributed by atoms with E-state index >= 15 is 0 Å². The summed E-state index contributed by atoms with van der Waals surface area (Å²) in [5, 5.41) is 0. The lowest BCUT2D eigenvalue weighted by atomic mass is 10.0. The Morgan fingerprint density at radius 1 is 1.50 bits per heavy atom. The van der Waals surface area contributed by atoms with Gasteiger partial charge in [-0.1, -0.05) is 36.3 Å². The number of terminal acetylenes is 1. The first-order valence-corrected chi connectivity index (χ1v) is 3.18. The van der Waals surface area contributed by atoms with Crippen LogP contribution in [0.25, 0.3) is 0 Å². The normalized spacial score (nSPS) is 13.3. The molecule has 0 heteroatoms. The van der Waals surface area contributed by atoms with Crippen LogP contribution in [0.2, 0.25) is 0 Å². The molecule has 0 N–H and O–H groups in total. The molecule has 0 amide bonds. The Kier molecular flexibility index (Phi) is 1.71. The summed E-state index contributed by atoms with van der Waals surface area (Å²) >= 11 is 0. The highest BCUT2D eigenvalue weighted by atomic mass is 14.0. The van der Waals surface area contributed by atoms with Crippen LogP contribution >= 0.6 is 0 Å². The summed E-state index contributed by atoms with van der Waals surface area (Å²) in [6.07, 6.45) is 5.25. The standard InChI is InChI=1S/C10H10/c1-3-9(2)10-7-5-4-6-8-10/h1,4-9H,2H3/i2D. The third kappa shape index (κ3) is 1.39. The third-order valence-corrected chi connectivity index (χ3v) is 1.40. The average Bonchev–Trinajstić information content (AvgIpc) is 2.09. The zero-order valence-electron chi connectivity index (χ0n) is 6.75. The van der Waals surface area contributed by atoms with E-state index in [1.54, 1.807) is 0 Å². The molecular weight excluding hydrogens is 120 g/mol. The highest BCUT2D eigenvalue weighted by Crippen LogP contribution is 2.11. The van der Waals surface area contributed by atoms with Gasteiger partial charge in [0.2, 0.25) is 0 Å². The summed E-state index contributed by atoms with van der Waals surface area (Å²) in [4.78, 5) is 0. The van der Waals surface area contributed by atoms with Crippen molar-refractivity contribution in [1.29, 1.82) is 0 Å². The summed E-state index contributed by atoms with van der Waals surface area (Å²) in [5.41, 5.74) is 1.06. The molecule has 50 valence electrons. The van der Waals surface area contributed by atoms with Crippen molar-refractivity contribution in [1.82, 2.24) is 0 Å². The van der Waals surface area contributed by atoms with E-state index in [2.05, 4.69) is 5.92 Å². The fourth-order valence-corrected chi connectivity index (χ4v) is 0.782. The molecule has 0 bridgehead atoms. The van der Waals surface area contributed by atoms with Crippen LogP contribution in [-0.4, -0.2) is 0 Å². The molecule has 0 saturated heterocycles. The van der Waals surface area contributed by atoms with Crippen molar-refractivity contribution in [2.75, 3.05) is 0 Å². The summed E-state index contributed by atoms with van der Waals surface area (Å²) < 4.78 is 7.15. The molecule has 0 spiro atoms. The Balaban J connectivity index is 2.85. The van der Waals surface area contributed by atoms with Crippen molar-refractivity contribution < 1.29 is 1.37 Å². The van der Waals surface area contributed by atoms with Gasteiger partial charge in [-0.2, -0.15) is 0 Å². The second kappa shape index (κ2) is 3.08. The van der Waals surface area contributed by atoms with Crippen LogP contribution in [0.5, 0.6) is 0 Å². The smallest absolute Gasteiger partial charge is 0.0421 e. The molecule has 0 radical (unpaired) electrons. The minimum Gasteiger partial charge on any atom is -0.119 e. The van der Waals surface area contributed by atoms with Gasteiger partial charge in [-0.3, -0.25) is 0 Å². The largest absolute Gasteiger partial charge is 0.119 e. The average molecular weight is 131 g/mol. The predicted molar refractivity (Wildman–Crippen MR) is 43.7 cm³/mol. The SMILES string of the molecule is [2H]CC(C#C)c1ccccc1. The fraction of sp³-hybridized carbons (Fsp3) is 0.200. The van der Waals surface area contributed by atoms with Crippen molar-refractivity contribution in [2.24, 2.45) is 0 Å². The lowest BCUT2D eigenvalue weighted by Gasteiger charge is -2.01. The van der Waals surface area contributed by atoms with Gasteiger partial charge in [0.1, 0.15) is 0 Å². The van der Waals surface area contributed by atoms with Gasteiger partial charge in [-0.25, -0.2) is 0 Å². The predicted octanol–water partition coefficient (Wildman–Crippen LogP) is 2.42. The van der Waals surface area contributed by atoms with Gasteiger partial charge in [0, 0.05) is 7.29 Å². The van der Waals surface area contributed by atoms with Gasteiger partial charge in [-0.05, 0) is 12.5 Å². The number of benzene rings is 1. The summed E-state index contributed by atoms with van der Waals surface area (Å²) in [6, 6.07) is 9.74. The van der Waals surface area contributed by atoms with Gasteiger partial charge < -0.3 is 0 Å². The van der Waals surface area contributed by atoms with Crippen molar-refractivity contribution in [3.8, 4) is 12.3 Å². The summed E-state index contributed by atoms with van der Waals surface area (Å²) in [5.74, 6) is 2.54. The zero-order valence-corrected chi connectivity index (χ0v) is 5.75. The van der Waals surface area contributed by atoms with Crippen LogP contribution in [0.15, 0.2) is 30.3 Å². The van der Waals surface area contributed by atoms with E-state index in [9.17, 15) is 0 Å². The monoisotopic (exact) mass is 131 g/mol. The first-order valence-electron chi connectivity index (χ1n) is 3.89. The van der Waals surface area contributed by atoms with Gasteiger partial charge in [0.15, 0.2) is 0 Å². The molecule has 0 saturated carbocycles. The van der Waals surface area contributed by atoms with Crippen LogP contribution in [0.3, 0.4) is 0 Å². The van der Waals surface area contributed by atoms with Crippen LogP contribution < -0.4 is 0 Å². The third-order valence-electron chi connectivity index (χ3n) is 1.40. The molecule has 1 aromatic carbocycles. The number of hydrogen-bond donors (Lipinski definition) is 0. The van der Waals surface area contributed by atoms with E-state index in [1.165, 1.54) is 0 Å². The van der Waals surface area contributed by atoms with E-state index in [0.717, 1.165) is 5.56 Å². The number of rotatable bonds is 1. The van der Waals surface area contributed by atoms with E-state index in [4.69, 9.17) is 7.79 Å². The molecule has 0 aliphatic heterocycles. The maximum absolute atomic E-state index is 7.15. The van der Waals surface area contributed by atoms with E-state index in [1.807, 2.05) is 30.3 Å². The molecule has 0 nitrogen and oxygen atoms in total. The first kappa shape index (κ1) is 5.56. The van der Waals surface area contributed by atoms with Crippen molar-refractivity contribution in [2.45, 2.75) is 12.8 Å². The molecule has 0 aromatic heterocycles. The Morgan fingerprint density at radius 3 is 2.70 bits per heavy atom. The molecule has 1 unspecified atom stereocenters. The maximum Gasteiger partial charge on any atom is 0.0421 e. The number of hydrogen-bond acceptors (Lipinski definition) is 0. The minimum absolute atomic E-state index is 0.0452. The Morgan fingerprint density at radius 2 is 2.20 bits per heavy atom. The van der Waals surface area contributed by atoms with Gasteiger partial charge in [0.25, 0.3) is 0 Å². The highest BCUT2D eigenvalue weighted by molar-refractivity contribution is 5.24. The van der Waals surface area contributed by atoms with Gasteiger partial charge in [-0.15, -0.1) is 6.42 Å². The molecule has 1 aromatic rings. The summed E-state index contributed by atoms with van der Waals surface area (Å²) in [7, 11) is 0. The minimum atomic E-state index is -0.0452.